The molecule has 0 aliphatic carbocycles. The zero-order valence-electron chi connectivity index (χ0n) is 23.1. The molecule has 1 nitrogen and oxygen atoms in total. The number of benzene rings is 1. The zero-order chi connectivity index (χ0) is 23.9. The average Bonchev–Trinajstić information content (AvgIpc) is 2.44. The maximum Gasteiger partial charge on any atom is 0.126 e. The molecule has 174 valence electrons. The van der Waals surface area contributed by atoms with E-state index >= 15 is 0 Å². The van der Waals surface area contributed by atoms with Gasteiger partial charge in [-0.3, -0.25) is 0 Å². The summed E-state index contributed by atoms with van der Waals surface area (Å²) in [5.41, 5.74) is 6.24. The normalized spacial score (nSPS) is 14.2. The molecule has 0 unspecified atom stereocenters. The molecule has 0 aliphatic rings. The third-order valence-corrected chi connectivity index (χ3v) is 6.31. The second kappa shape index (κ2) is 8.51. The Morgan fingerprint density at radius 2 is 1.13 bits per heavy atom. The fraction of sp³-hybridized carbons (Fsp3) is 0.793. The van der Waals surface area contributed by atoms with Crippen LogP contribution in [0.3, 0.4) is 0 Å². The van der Waals surface area contributed by atoms with Crippen molar-refractivity contribution in [1.82, 2.24) is 0 Å². The van der Waals surface area contributed by atoms with E-state index in [1.807, 2.05) is 0 Å². The summed E-state index contributed by atoms with van der Waals surface area (Å²) in [6.45, 7) is 34.8. The summed E-state index contributed by atoms with van der Waals surface area (Å²) in [5.74, 6) is 1.15. The molecule has 0 saturated carbocycles. The van der Waals surface area contributed by atoms with Gasteiger partial charge in [-0.2, -0.15) is 0 Å². The molecule has 1 aromatic carbocycles. The van der Waals surface area contributed by atoms with Crippen LogP contribution in [0.2, 0.25) is 0 Å². The Kier molecular flexibility index (Phi) is 7.68. The van der Waals surface area contributed by atoms with E-state index in [0.717, 1.165) is 25.0 Å². The van der Waals surface area contributed by atoms with Crippen LogP contribution in [0.1, 0.15) is 126 Å². The van der Waals surface area contributed by atoms with Gasteiger partial charge in [0.2, 0.25) is 0 Å². The van der Waals surface area contributed by atoms with E-state index in [-0.39, 0.29) is 27.3 Å². The average molecular weight is 417 g/mol. The quantitative estimate of drug-likeness (QED) is 0.465. The van der Waals surface area contributed by atoms with Crippen LogP contribution in [-0.4, -0.2) is 5.60 Å². The highest BCUT2D eigenvalue weighted by atomic mass is 16.5. The molecule has 0 spiro atoms. The van der Waals surface area contributed by atoms with Crippen LogP contribution in [0.15, 0.2) is 6.07 Å². The third kappa shape index (κ3) is 7.03. The molecule has 0 saturated heterocycles. The molecule has 0 fully saturated rings. The van der Waals surface area contributed by atoms with Crippen LogP contribution in [0, 0.1) is 16.2 Å². The van der Waals surface area contributed by atoms with E-state index in [1.165, 1.54) is 22.3 Å². The molecule has 0 bridgehead atoms. The van der Waals surface area contributed by atoms with E-state index in [0.29, 0.717) is 0 Å². The second-order valence-corrected chi connectivity index (χ2v) is 14.3. The Bertz CT molecular complexity index is 722. The molecular weight excluding hydrogens is 364 g/mol. The fourth-order valence-corrected chi connectivity index (χ4v) is 4.04. The molecule has 0 N–H and O–H groups in total. The van der Waals surface area contributed by atoms with Gasteiger partial charge in [0.1, 0.15) is 11.4 Å². The maximum atomic E-state index is 6.75. The molecule has 1 rings (SSSR count). The van der Waals surface area contributed by atoms with E-state index in [9.17, 15) is 0 Å². The van der Waals surface area contributed by atoms with Crippen molar-refractivity contribution in [3.63, 3.8) is 0 Å². The van der Waals surface area contributed by atoms with E-state index in [4.69, 9.17) is 4.74 Å². The first-order valence-electron chi connectivity index (χ1n) is 12.0. The predicted molar refractivity (Wildman–Crippen MR) is 135 cm³/mol. The van der Waals surface area contributed by atoms with Crippen molar-refractivity contribution in [2.45, 2.75) is 134 Å². The summed E-state index contributed by atoms with van der Waals surface area (Å²) >= 11 is 0. The van der Waals surface area contributed by atoms with Gasteiger partial charge in [-0.1, -0.05) is 89.2 Å². The van der Waals surface area contributed by atoms with Gasteiger partial charge < -0.3 is 4.74 Å². The van der Waals surface area contributed by atoms with Crippen molar-refractivity contribution < 1.29 is 4.74 Å². The van der Waals surface area contributed by atoms with Crippen molar-refractivity contribution in [3.8, 4) is 5.75 Å². The number of hydrogen-bond acceptors (Lipinski definition) is 1. The van der Waals surface area contributed by atoms with Gasteiger partial charge in [0.25, 0.3) is 0 Å². The summed E-state index contributed by atoms with van der Waals surface area (Å²) in [7, 11) is 0. The Hall–Kier alpha value is -0.980. The van der Waals surface area contributed by atoms with Gasteiger partial charge >= 0.3 is 0 Å². The first-order chi connectivity index (χ1) is 13.1. The van der Waals surface area contributed by atoms with E-state index < -0.39 is 0 Å². The van der Waals surface area contributed by atoms with Crippen LogP contribution < -0.4 is 4.74 Å². The molecule has 0 aliphatic heterocycles. The lowest BCUT2D eigenvalue weighted by atomic mass is 9.62. The lowest BCUT2D eigenvalue weighted by Crippen LogP contribution is -2.36. The van der Waals surface area contributed by atoms with Gasteiger partial charge in [0.15, 0.2) is 0 Å². The Labute approximate surface area is 189 Å². The SMILES string of the molecule is CCc1c(C(C)(C)C(C)(C)C)cc(CC(C)(C)C)c(OC(C)(C)C)c1CC(C)(C)C. The van der Waals surface area contributed by atoms with Gasteiger partial charge in [-0.25, -0.2) is 0 Å². The smallest absolute Gasteiger partial charge is 0.126 e. The maximum absolute atomic E-state index is 6.75. The highest BCUT2D eigenvalue weighted by Gasteiger charge is 2.38. The molecule has 0 radical (unpaired) electrons. The number of rotatable bonds is 5. The Morgan fingerprint density at radius 3 is 1.47 bits per heavy atom. The minimum Gasteiger partial charge on any atom is -0.488 e. The van der Waals surface area contributed by atoms with Crippen LogP contribution in [-0.2, 0) is 24.7 Å². The van der Waals surface area contributed by atoms with Crippen molar-refractivity contribution in [2.24, 2.45) is 16.2 Å². The molecule has 30 heavy (non-hydrogen) atoms. The number of hydrogen-bond donors (Lipinski definition) is 0. The van der Waals surface area contributed by atoms with E-state index in [2.05, 4.69) is 110 Å². The standard InChI is InChI=1S/C29H52O/c1-16-21-22(19-26(5,6)7)24(30-28(11,12)13)20(18-25(2,3)4)17-23(21)29(14,15)27(8,9)10/h17H,16,18-19H2,1-15H3. The predicted octanol–water partition coefficient (Wildman–Crippen LogP) is 8.93. The minimum absolute atomic E-state index is 0.0673. The second-order valence-electron chi connectivity index (χ2n) is 14.3. The lowest BCUT2D eigenvalue weighted by Gasteiger charge is -2.42. The molecule has 0 aromatic heterocycles. The van der Waals surface area contributed by atoms with Crippen molar-refractivity contribution in [2.75, 3.05) is 0 Å². The molecule has 1 aromatic rings. The largest absolute Gasteiger partial charge is 0.488 e. The monoisotopic (exact) mass is 416 g/mol. The number of ether oxygens (including phenoxy) is 1. The summed E-state index contributed by atoms with van der Waals surface area (Å²) in [5, 5.41) is 0. The summed E-state index contributed by atoms with van der Waals surface area (Å²) < 4.78 is 6.75. The first kappa shape index (κ1) is 27.1. The van der Waals surface area contributed by atoms with E-state index in [1.54, 1.807) is 0 Å². The highest BCUT2D eigenvalue weighted by Crippen LogP contribution is 2.48. The van der Waals surface area contributed by atoms with Crippen LogP contribution in [0.4, 0.5) is 0 Å². The first-order valence-corrected chi connectivity index (χ1v) is 12.0. The molecular formula is C29H52O. The van der Waals surface area contributed by atoms with Crippen molar-refractivity contribution in [1.29, 1.82) is 0 Å². The van der Waals surface area contributed by atoms with Crippen LogP contribution in [0.25, 0.3) is 0 Å². The van der Waals surface area contributed by atoms with Gasteiger partial charge in [-0.15, -0.1) is 0 Å². The molecule has 0 atom stereocenters. The lowest BCUT2D eigenvalue weighted by molar-refractivity contribution is 0.125. The molecule has 0 amide bonds. The van der Waals surface area contributed by atoms with Crippen molar-refractivity contribution in [3.05, 3.63) is 28.3 Å². The zero-order valence-corrected chi connectivity index (χ0v) is 23.1. The Morgan fingerprint density at radius 1 is 0.667 bits per heavy atom. The molecule has 0 heterocycles. The van der Waals surface area contributed by atoms with Gasteiger partial charge in [0, 0.05) is 0 Å². The third-order valence-electron chi connectivity index (χ3n) is 6.31. The van der Waals surface area contributed by atoms with Gasteiger partial charge in [-0.05, 0) is 83.9 Å². The fourth-order valence-electron chi connectivity index (χ4n) is 4.04. The van der Waals surface area contributed by atoms with Crippen LogP contribution in [0.5, 0.6) is 5.75 Å². The topological polar surface area (TPSA) is 9.23 Å². The van der Waals surface area contributed by atoms with Gasteiger partial charge in [0.05, 0.1) is 0 Å². The summed E-state index contributed by atoms with van der Waals surface area (Å²) in [6, 6.07) is 2.50. The van der Waals surface area contributed by atoms with Crippen LogP contribution >= 0.6 is 0 Å². The highest BCUT2D eigenvalue weighted by molar-refractivity contribution is 5.54. The minimum atomic E-state index is -0.217. The molecule has 1 heteroatoms. The summed E-state index contributed by atoms with van der Waals surface area (Å²) in [6.07, 6.45) is 3.09. The Balaban J connectivity index is 4.07. The van der Waals surface area contributed by atoms with Crippen molar-refractivity contribution >= 4 is 0 Å². The summed E-state index contributed by atoms with van der Waals surface area (Å²) in [4.78, 5) is 0.